The highest BCUT2D eigenvalue weighted by Crippen LogP contribution is 2.44. The fraction of sp³-hybridized carbons (Fsp3) is 0.611. The average molecular weight is 360 g/mol. The number of fused-ring (bicyclic) bond motifs is 1. The molecule has 0 radical (unpaired) electrons. The van der Waals surface area contributed by atoms with Crippen molar-refractivity contribution in [3.8, 4) is 11.3 Å². The van der Waals surface area contributed by atoms with Gasteiger partial charge in [0.25, 0.3) is 5.92 Å². The van der Waals surface area contributed by atoms with E-state index in [1.807, 2.05) is 15.8 Å². The lowest BCUT2D eigenvalue weighted by Crippen LogP contribution is -2.47. The molecule has 0 amide bonds. The third kappa shape index (κ3) is 2.42. The first-order chi connectivity index (χ1) is 12.5. The Balaban J connectivity index is 1.59. The molecule has 2 atom stereocenters. The summed E-state index contributed by atoms with van der Waals surface area (Å²) in [7, 11) is 0. The molecule has 4 heterocycles. The summed E-state index contributed by atoms with van der Waals surface area (Å²) in [6, 6.07) is 0.609. The van der Waals surface area contributed by atoms with Crippen LogP contribution < -0.4 is 10.2 Å². The molecule has 2 aliphatic heterocycles. The molecule has 2 aromatic rings. The van der Waals surface area contributed by atoms with Crippen LogP contribution in [0.1, 0.15) is 43.5 Å². The van der Waals surface area contributed by atoms with Crippen LogP contribution in [0.15, 0.2) is 12.4 Å². The first-order valence-electron chi connectivity index (χ1n) is 9.34. The van der Waals surface area contributed by atoms with Gasteiger partial charge in [0.2, 0.25) is 5.95 Å². The van der Waals surface area contributed by atoms with Crippen LogP contribution in [-0.2, 0) is 12.3 Å². The van der Waals surface area contributed by atoms with Gasteiger partial charge in [-0.2, -0.15) is 13.9 Å². The lowest BCUT2D eigenvalue weighted by atomic mass is 10.1. The van der Waals surface area contributed by atoms with Crippen molar-refractivity contribution in [1.29, 1.82) is 0 Å². The predicted octanol–water partition coefficient (Wildman–Crippen LogP) is 2.51. The van der Waals surface area contributed by atoms with E-state index >= 15 is 0 Å². The van der Waals surface area contributed by atoms with E-state index in [9.17, 15) is 8.78 Å². The minimum absolute atomic E-state index is 0.0908. The molecule has 3 aliphatic rings. The maximum Gasteiger partial charge on any atom is 0.290 e. The van der Waals surface area contributed by atoms with Gasteiger partial charge in [-0.15, -0.1) is 0 Å². The lowest BCUT2D eigenvalue weighted by Gasteiger charge is -2.39. The Morgan fingerprint density at radius 3 is 2.85 bits per heavy atom. The zero-order valence-corrected chi connectivity index (χ0v) is 14.8. The fourth-order valence-electron chi connectivity index (χ4n) is 4.12. The zero-order valence-electron chi connectivity index (χ0n) is 14.8. The highest BCUT2D eigenvalue weighted by atomic mass is 19.3. The standard InChI is InChI=1S/C18H22F2N6/c1-11-4-7-25(11)17-23-15(14-2-5-18(19,20)16(14)24-17)12-8-22-26(10-12)13-3-6-21-9-13/h8,10-11,13,21H,2-7,9H2,1H3. The van der Waals surface area contributed by atoms with E-state index in [0.29, 0.717) is 35.7 Å². The maximum absolute atomic E-state index is 14.4. The van der Waals surface area contributed by atoms with Gasteiger partial charge < -0.3 is 10.2 Å². The van der Waals surface area contributed by atoms with Crippen molar-refractivity contribution in [2.24, 2.45) is 0 Å². The topological polar surface area (TPSA) is 58.9 Å². The van der Waals surface area contributed by atoms with E-state index in [0.717, 1.165) is 38.0 Å². The molecule has 2 fully saturated rings. The van der Waals surface area contributed by atoms with Gasteiger partial charge in [-0.05, 0) is 32.7 Å². The number of alkyl halides is 2. The van der Waals surface area contributed by atoms with Crippen LogP contribution in [-0.4, -0.2) is 45.4 Å². The molecule has 0 aromatic carbocycles. The highest BCUT2D eigenvalue weighted by molar-refractivity contribution is 5.66. The predicted molar refractivity (Wildman–Crippen MR) is 93.4 cm³/mol. The molecule has 2 unspecified atom stereocenters. The highest BCUT2D eigenvalue weighted by Gasteiger charge is 2.44. The Morgan fingerprint density at radius 1 is 1.27 bits per heavy atom. The summed E-state index contributed by atoms with van der Waals surface area (Å²) in [5, 5.41) is 7.80. The normalized spacial score (nSPS) is 26.8. The van der Waals surface area contributed by atoms with Crippen molar-refractivity contribution in [2.45, 2.75) is 50.6 Å². The van der Waals surface area contributed by atoms with E-state index in [-0.39, 0.29) is 12.1 Å². The maximum atomic E-state index is 14.4. The Bertz CT molecular complexity index is 842. The van der Waals surface area contributed by atoms with Gasteiger partial charge >= 0.3 is 0 Å². The molecule has 138 valence electrons. The number of aromatic nitrogens is 4. The number of rotatable bonds is 3. The summed E-state index contributed by atoms with van der Waals surface area (Å²) >= 11 is 0. The van der Waals surface area contributed by atoms with Crippen LogP contribution in [0.5, 0.6) is 0 Å². The van der Waals surface area contributed by atoms with Gasteiger partial charge in [-0.3, -0.25) is 4.68 Å². The summed E-state index contributed by atoms with van der Waals surface area (Å²) in [5.74, 6) is -2.45. The molecule has 2 aromatic heterocycles. The largest absolute Gasteiger partial charge is 0.338 e. The van der Waals surface area contributed by atoms with Gasteiger partial charge in [0.15, 0.2) is 0 Å². The molecular formula is C18H22F2N6. The molecular weight excluding hydrogens is 338 g/mol. The minimum atomic E-state index is -2.87. The Hall–Kier alpha value is -2.09. The number of nitrogens with one attached hydrogen (secondary N) is 1. The fourth-order valence-corrected chi connectivity index (χ4v) is 4.12. The van der Waals surface area contributed by atoms with E-state index in [1.165, 1.54) is 0 Å². The van der Waals surface area contributed by atoms with Gasteiger partial charge in [-0.1, -0.05) is 0 Å². The van der Waals surface area contributed by atoms with Crippen molar-refractivity contribution >= 4 is 5.95 Å². The van der Waals surface area contributed by atoms with Crippen molar-refractivity contribution in [3.05, 3.63) is 23.7 Å². The minimum Gasteiger partial charge on any atom is -0.338 e. The molecule has 1 aliphatic carbocycles. The molecule has 5 rings (SSSR count). The Labute approximate surface area is 150 Å². The van der Waals surface area contributed by atoms with Gasteiger partial charge in [0, 0.05) is 42.9 Å². The number of hydrogen-bond donors (Lipinski definition) is 1. The van der Waals surface area contributed by atoms with Crippen molar-refractivity contribution < 1.29 is 8.78 Å². The van der Waals surface area contributed by atoms with E-state index in [4.69, 9.17) is 4.98 Å². The van der Waals surface area contributed by atoms with E-state index < -0.39 is 5.92 Å². The SMILES string of the molecule is CC1CCN1c1nc(-c2cnn(C3CCNC3)c2)c2c(n1)C(F)(F)CC2. The third-order valence-electron chi connectivity index (χ3n) is 5.89. The average Bonchev–Trinajstić information content (AvgIpc) is 3.33. The summed E-state index contributed by atoms with van der Waals surface area (Å²) in [6.07, 6.45) is 5.88. The van der Waals surface area contributed by atoms with E-state index in [1.54, 1.807) is 6.20 Å². The number of hydrogen-bond acceptors (Lipinski definition) is 5. The molecule has 2 saturated heterocycles. The monoisotopic (exact) mass is 360 g/mol. The van der Waals surface area contributed by atoms with Crippen molar-refractivity contribution in [1.82, 2.24) is 25.1 Å². The molecule has 1 N–H and O–H groups in total. The molecule has 8 heteroatoms. The quantitative estimate of drug-likeness (QED) is 0.911. The second kappa shape index (κ2) is 5.70. The molecule has 0 saturated carbocycles. The molecule has 0 spiro atoms. The van der Waals surface area contributed by atoms with Crippen LogP contribution in [0.3, 0.4) is 0 Å². The Morgan fingerprint density at radius 2 is 2.15 bits per heavy atom. The van der Waals surface area contributed by atoms with Crippen LogP contribution in [0.4, 0.5) is 14.7 Å². The van der Waals surface area contributed by atoms with Crippen LogP contribution >= 0.6 is 0 Å². The van der Waals surface area contributed by atoms with Gasteiger partial charge in [-0.25, -0.2) is 9.97 Å². The van der Waals surface area contributed by atoms with Crippen LogP contribution in [0, 0.1) is 0 Å². The van der Waals surface area contributed by atoms with Crippen molar-refractivity contribution in [2.75, 3.05) is 24.5 Å². The van der Waals surface area contributed by atoms with Gasteiger partial charge in [0.05, 0.1) is 17.9 Å². The second-order valence-electron chi connectivity index (χ2n) is 7.59. The zero-order chi connectivity index (χ0) is 17.9. The van der Waals surface area contributed by atoms with Gasteiger partial charge in [0.1, 0.15) is 5.69 Å². The molecule has 26 heavy (non-hydrogen) atoms. The van der Waals surface area contributed by atoms with Crippen LogP contribution in [0.25, 0.3) is 11.3 Å². The van der Waals surface area contributed by atoms with Crippen molar-refractivity contribution in [3.63, 3.8) is 0 Å². The molecule has 6 nitrogen and oxygen atoms in total. The Kier molecular flexibility index (Phi) is 3.53. The third-order valence-corrected chi connectivity index (χ3v) is 5.89. The number of anilines is 1. The first-order valence-corrected chi connectivity index (χ1v) is 9.34. The smallest absolute Gasteiger partial charge is 0.290 e. The second-order valence-corrected chi connectivity index (χ2v) is 7.59. The van der Waals surface area contributed by atoms with E-state index in [2.05, 4.69) is 22.3 Å². The summed E-state index contributed by atoms with van der Waals surface area (Å²) < 4.78 is 30.8. The first kappa shape index (κ1) is 16.1. The number of nitrogens with zero attached hydrogens (tertiary/aromatic N) is 5. The number of halogens is 2. The van der Waals surface area contributed by atoms with Crippen LogP contribution in [0.2, 0.25) is 0 Å². The molecule has 0 bridgehead atoms. The summed E-state index contributed by atoms with van der Waals surface area (Å²) in [4.78, 5) is 11.0. The lowest BCUT2D eigenvalue weighted by molar-refractivity contribution is -0.00595. The summed E-state index contributed by atoms with van der Waals surface area (Å²) in [6.45, 7) is 4.75. The summed E-state index contributed by atoms with van der Waals surface area (Å²) in [5.41, 5.74) is 1.92.